The van der Waals surface area contributed by atoms with Crippen LogP contribution in [0.2, 0.25) is 0 Å². The summed E-state index contributed by atoms with van der Waals surface area (Å²) in [7, 11) is 0. The predicted octanol–water partition coefficient (Wildman–Crippen LogP) is 2.50. The number of carbonyl (C=O) groups excluding carboxylic acids is 1. The first-order valence-corrected chi connectivity index (χ1v) is 10.9. The standard InChI is InChI=1S/C24H29N5O3/c1-19-26-23(27-32-19)18-31-22-9-7-21(8-10-22)24(30)25-11-12-28-13-15-29(16-14-28)17-20-5-3-2-4-6-20/h2-10H,11-18H2,1H3,(H,25,30). The molecule has 0 aliphatic carbocycles. The van der Waals surface area contributed by atoms with Crippen LogP contribution in [-0.2, 0) is 13.2 Å². The third-order valence-electron chi connectivity index (χ3n) is 5.48. The highest BCUT2D eigenvalue weighted by Crippen LogP contribution is 2.14. The normalized spacial score (nSPS) is 14.9. The number of aryl methyl sites for hydroxylation is 1. The monoisotopic (exact) mass is 435 g/mol. The summed E-state index contributed by atoms with van der Waals surface area (Å²) in [5.74, 6) is 1.57. The van der Waals surface area contributed by atoms with Gasteiger partial charge in [-0.05, 0) is 29.8 Å². The van der Waals surface area contributed by atoms with Gasteiger partial charge in [0, 0.05) is 58.3 Å². The van der Waals surface area contributed by atoms with Gasteiger partial charge >= 0.3 is 0 Å². The molecule has 8 heteroatoms. The molecule has 3 aromatic rings. The molecule has 0 unspecified atom stereocenters. The second-order valence-electron chi connectivity index (χ2n) is 7.90. The zero-order valence-electron chi connectivity index (χ0n) is 18.4. The zero-order valence-corrected chi connectivity index (χ0v) is 18.4. The molecule has 1 aliphatic rings. The Bertz CT molecular complexity index is 982. The third kappa shape index (κ3) is 6.38. The molecule has 1 aromatic heterocycles. The first-order valence-electron chi connectivity index (χ1n) is 10.9. The lowest BCUT2D eigenvalue weighted by Gasteiger charge is -2.34. The van der Waals surface area contributed by atoms with E-state index in [0.717, 1.165) is 39.3 Å². The van der Waals surface area contributed by atoms with E-state index in [9.17, 15) is 4.79 Å². The van der Waals surface area contributed by atoms with Crippen LogP contribution in [0.3, 0.4) is 0 Å². The Morgan fingerprint density at radius 3 is 2.44 bits per heavy atom. The molecular weight excluding hydrogens is 406 g/mol. The first kappa shape index (κ1) is 22.0. The van der Waals surface area contributed by atoms with Crippen LogP contribution in [0.5, 0.6) is 5.75 Å². The maximum Gasteiger partial charge on any atom is 0.251 e. The number of hydrogen-bond acceptors (Lipinski definition) is 7. The second kappa shape index (κ2) is 10.9. The van der Waals surface area contributed by atoms with E-state index in [1.807, 2.05) is 0 Å². The molecule has 168 valence electrons. The number of nitrogens with zero attached hydrogens (tertiary/aromatic N) is 4. The van der Waals surface area contributed by atoms with Gasteiger partial charge in [-0.25, -0.2) is 0 Å². The first-order chi connectivity index (χ1) is 15.7. The van der Waals surface area contributed by atoms with Crippen LogP contribution in [0, 0.1) is 6.92 Å². The molecule has 8 nitrogen and oxygen atoms in total. The van der Waals surface area contributed by atoms with Crippen molar-refractivity contribution in [1.82, 2.24) is 25.3 Å². The molecule has 1 saturated heterocycles. The van der Waals surface area contributed by atoms with Gasteiger partial charge in [0.15, 0.2) is 6.61 Å². The molecule has 2 heterocycles. The summed E-state index contributed by atoms with van der Waals surface area (Å²) >= 11 is 0. The lowest BCUT2D eigenvalue weighted by atomic mass is 10.2. The Labute approximate surface area is 188 Å². The lowest BCUT2D eigenvalue weighted by molar-refractivity contribution is 0.0934. The maximum absolute atomic E-state index is 12.4. The Hall–Kier alpha value is -3.23. The number of ether oxygens (including phenoxy) is 1. The van der Waals surface area contributed by atoms with Gasteiger partial charge in [-0.3, -0.25) is 14.6 Å². The van der Waals surface area contributed by atoms with Crippen molar-refractivity contribution in [2.24, 2.45) is 0 Å². The molecular formula is C24H29N5O3. The average Bonchev–Trinajstić information content (AvgIpc) is 3.25. The number of benzene rings is 2. The molecule has 4 rings (SSSR count). The Balaban J connectivity index is 1.14. The molecule has 1 N–H and O–H groups in total. The fraction of sp³-hybridized carbons (Fsp3) is 0.375. The summed E-state index contributed by atoms with van der Waals surface area (Å²) in [4.78, 5) is 21.4. The van der Waals surface area contributed by atoms with Gasteiger partial charge in [-0.15, -0.1) is 0 Å². The number of rotatable bonds is 9. The molecule has 1 amide bonds. The minimum Gasteiger partial charge on any atom is -0.485 e. The molecule has 0 bridgehead atoms. The van der Waals surface area contributed by atoms with Crippen LogP contribution >= 0.6 is 0 Å². The number of piperazine rings is 1. The second-order valence-corrected chi connectivity index (χ2v) is 7.90. The molecule has 0 saturated carbocycles. The van der Waals surface area contributed by atoms with Gasteiger partial charge in [-0.1, -0.05) is 35.5 Å². The zero-order chi connectivity index (χ0) is 22.2. The highest BCUT2D eigenvalue weighted by atomic mass is 16.5. The molecule has 1 fully saturated rings. The topological polar surface area (TPSA) is 83.7 Å². The summed E-state index contributed by atoms with van der Waals surface area (Å²) in [5, 5.41) is 6.80. The van der Waals surface area contributed by atoms with Gasteiger partial charge < -0.3 is 14.6 Å². The quantitative estimate of drug-likeness (QED) is 0.553. The lowest BCUT2D eigenvalue weighted by Crippen LogP contribution is -2.48. The van der Waals surface area contributed by atoms with Crippen LogP contribution in [0.4, 0.5) is 0 Å². The number of nitrogens with one attached hydrogen (secondary N) is 1. The van der Waals surface area contributed by atoms with Crippen LogP contribution in [0.1, 0.15) is 27.6 Å². The van der Waals surface area contributed by atoms with E-state index in [4.69, 9.17) is 9.26 Å². The minimum absolute atomic E-state index is 0.0759. The van der Waals surface area contributed by atoms with Gasteiger partial charge in [0.1, 0.15) is 5.75 Å². The van der Waals surface area contributed by atoms with E-state index in [2.05, 4.69) is 55.6 Å². The fourth-order valence-corrected chi connectivity index (χ4v) is 3.69. The van der Waals surface area contributed by atoms with Crippen molar-refractivity contribution in [3.8, 4) is 5.75 Å². The molecule has 1 aliphatic heterocycles. The van der Waals surface area contributed by atoms with E-state index >= 15 is 0 Å². The van der Waals surface area contributed by atoms with E-state index in [0.29, 0.717) is 29.6 Å². The minimum atomic E-state index is -0.0759. The Morgan fingerprint density at radius 2 is 1.75 bits per heavy atom. The van der Waals surface area contributed by atoms with E-state index < -0.39 is 0 Å². The highest BCUT2D eigenvalue weighted by Gasteiger charge is 2.17. The van der Waals surface area contributed by atoms with Crippen molar-refractivity contribution in [2.45, 2.75) is 20.1 Å². The summed E-state index contributed by atoms with van der Waals surface area (Å²) in [6.45, 7) is 8.59. The summed E-state index contributed by atoms with van der Waals surface area (Å²) in [5.41, 5.74) is 1.97. The van der Waals surface area contributed by atoms with E-state index in [1.54, 1.807) is 31.2 Å². The van der Waals surface area contributed by atoms with Gasteiger partial charge in [-0.2, -0.15) is 4.98 Å². The summed E-state index contributed by atoms with van der Waals surface area (Å²) < 4.78 is 10.5. The number of hydrogen-bond donors (Lipinski definition) is 1. The van der Waals surface area contributed by atoms with Crippen molar-refractivity contribution >= 4 is 5.91 Å². The largest absolute Gasteiger partial charge is 0.485 e. The number of aromatic nitrogens is 2. The SMILES string of the molecule is Cc1nc(COc2ccc(C(=O)NCCN3CCN(Cc4ccccc4)CC3)cc2)no1. The van der Waals surface area contributed by atoms with Crippen LogP contribution in [0.15, 0.2) is 59.1 Å². The predicted molar refractivity (Wildman–Crippen MR) is 120 cm³/mol. The molecule has 2 aromatic carbocycles. The van der Waals surface area contributed by atoms with Crippen LogP contribution in [-0.4, -0.2) is 65.1 Å². The summed E-state index contributed by atoms with van der Waals surface area (Å²) in [6.07, 6.45) is 0. The Kier molecular flexibility index (Phi) is 7.47. The molecule has 0 spiro atoms. The van der Waals surface area contributed by atoms with Crippen molar-refractivity contribution in [1.29, 1.82) is 0 Å². The maximum atomic E-state index is 12.4. The van der Waals surface area contributed by atoms with Crippen molar-refractivity contribution in [2.75, 3.05) is 39.3 Å². The highest BCUT2D eigenvalue weighted by molar-refractivity contribution is 5.94. The summed E-state index contributed by atoms with van der Waals surface area (Å²) in [6, 6.07) is 17.6. The van der Waals surface area contributed by atoms with Crippen LogP contribution in [0.25, 0.3) is 0 Å². The molecule has 32 heavy (non-hydrogen) atoms. The molecule has 0 radical (unpaired) electrons. The van der Waals surface area contributed by atoms with Crippen LogP contribution < -0.4 is 10.1 Å². The van der Waals surface area contributed by atoms with Crippen molar-refractivity contribution in [3.63, 3.8) is 0 Å². The van der Waals surface area contributed by atoms with Gasteiger partial charge in [0.2, 0.25) is 11.7 Å². The fourth-order valence-electron chi connectivity index (χ4n) is 3.69. The molecule has 0 atom stereocenters. The van der Waals surface area contributed by atoms with E-state index in [-0.39, 0.29) is 12.5 Å². The number of carbonyl (C=O) groups is 1. The third-order valence-corrected chi connectivity index (χ3v) is 5.48. The van der Waals surface area contributed by atoms with Crippen molar-refractivity contribution in [3.05, 3.63) is 77.4 Å². The van der Waals surface area contributed by atoms with Gasteiger partial charge in [0.25, 0.3) is 5.91 Å². The average molecular weight is 436 g/mol. The smallest absolute Gasteiger partial charge is 0.251 e. The van der Waals surface area contributed by atoms with Gasteiger partial charge in [0.05, 0.1) is 0 Å². The Morgan fingerprint density at radius 1 is 1.03 bits per heavy atom. The number of amides is 1. The van der Waals surface area contributed by atoms with Crippen molar-refractivity contribution < 1.29 is 14.1 Å². The van der Waals surface area contributed by atoms with E-state index in [1.165, 1.54) is 5.56 Å².